The number of furan rings is 1. The normalized spacial score (nSPS) is 11.2. The third-order valence-corrected chi connectivity index (χ3v) is 2.05. The van der Waals surface area contributed by atoms with Crippen LogP contribution in [0.15, 0.2) is 16.5 Å². The fourth-order valence-electron chi connectivity index (χ4n) is 1.28. The summed E-state index contributed by atoms with van der Waals surface area (Å²) in [5, 5.41) is 12.0. The van der Waals surface area contributed by atoms with Crippen molar-refractivity contribution < 1.29 is 14.3 Å². The van der Waals surface area contributed by atoms with Gasteiger partial charge in [-0.1, -0.05) is 13.8 Å². The zero-order chi connectivity index (χ0) is 11.8. The summed E-state index contributed by atoms with van der Waals surface area (Å²) in [6.45, 7) is 7.21. The first-order valence-electron chi connectivity index (χ1n) is 5.69. The predicted octanol–water partition coefficient (Wildman–Crippen LogP) is 1.53. The predicted molar refractivity (Wildman–Crippen MR) is 62.0 cm³/mol. The Bertz CT molecular complexity index is 284. The molecule has 0 saturated heterocycles. The second-order valence-corrected chi connectivity index (χ2v) is 4.17. The molecule has 1 aromatic rings. The molecule has 4 nitrogen and oxygen atoms in total. The second kappa shape index (κ2) is 7.44. The smallest absolute Gasteiger partial charge is 0.129 e. The van der Waals surface area contributed by atoms with Gasteiger partial charge in [-0.25, -0.2) is 0 Å². The maximum absolute atomic E-state index is 8.81. The highest BCUT2D eigenvalue weighted by Crippen LogP contribution is 2.06. The zero-order valence-electron chi connectivity index (χ0n) is 10.0. The van der Waals surface area contributed by atoms with Crippen molar-refractivity contribution in [3.63, 3.8) is 0 Å². The van der Waals surface area contributed by atoms with Crippen molar-refractivity contribution in [1.29, 1.82) is 0 Å². The quantitative estimate of drug-likeness (QED) is 0.661. The van der Waals surface area contributed by atoms with Crippen LogP contribution in [0.1, 0.15) is 25.4 Å². The monoisotopic (exact) mass is 227 g/mol. The van der Waals surface area contributed by atoms with Crippen LogP contribution in [0, 0.1) is 5.92 Å². The zero-order valence-corrected chi connectivity index (χ0v) is 10.0. The lowest BCUT2D eigenvalue weighted by Gasteiger charge is -2.06. The fourth-order valence-corrected chi connectivity index (χ4v) is 1.28. The summed E-state index contributed by atoms with van der Waals surface area (Å²) in [6, 6.07) is 3.65. The first kappa shape index (κ1) is 13.2. The molecule has 0 bridgehead atoms. The molecule has 92 valence electrons. The Morgan fingerprint density at radius 1 is 1.38 bits per heavy atom. The molecular weight excluding hydrogens is 206 g/mol. The van der Waals surface area contributed by atoms with Gasteiger partial charge in [-0.3, -0.25) is 0 Å². The van der Waals surface area contributed by atoms with Gasteiger partial charge in [0.25, 0.3) is 0 Å². The molecule has 0 amide bonds. The van der Waals surface area contributed by atoms with Crippen molar-refractivity contribution in [2.75, 3.05) is 19.8 Å². The molecule has 0 aliphatic rings. The van der Waals surface area contributed by atoms with Crippen molar-refractivity contribution >= 4 is 0 Å². The third kappa shape index (κ3) is 5.30. The molecule has 1 aromatic heterocycles. The lowest BCUT2D eigenvalue weighted by atomic mass is 10.2. The van der Waals surface area contributed by atoms with Crippen LogP contribution in [0.3, 0.4) is 0 Å². The van der Waals surface area contributed by atoms with Gasteiger partial charge in [0.15, 0.2) is 0 Å². The van der Waals surface area contributed by atoms with E-state index in [2.05, 4.69) is 19.2 Å². The van der Waals surface area contributed by atoms with Gasteiger partial charge in [-0.05, 0) is 18.1 Å². The number of rotatable bonds is 8. The molecule has 0 aliphatic heterocycles. The fraction of sp³-hybridized carbons (Fsp3) is 0.667. The van der Waals surface area contributed by atoms with Gasteiger partial charge in [0.1, 0.15) is 18.1 Å². The van der Waals surface area contributed by atoms with Gasteiger partial charge in [0.2, 0.25) is 0 Å². The van der Waals surface area contributed by atoms with Crippen LogP contribution >= 0.6 is 0 Å². The second-order valence-electron chi connectivity index (χ2n) is 4.17. The topological polar surface area (TPSA) is 54.6 Å². The van der Waals surface area contributed by atoms with E-state index in [9.17, 15) is 0 Å². The standard InChI is InChI=1S/C12H21NO3/c1-10(2)9-15-6-5-13-7-11-3-4-12(8-14)16-11/h3-4,10,13-14H,5-9H2,1-2H3. The maximum Gasteiger partial charge on any atom is 0.129 e. The van der Waals surface area contributed by atoms with Gasteiger partial charge in [0.05, 0.1) is 13.2 Å². The molecule has 0 spiro atoms. The summed E-state index contributed by atoms with van der Waals surface area (Å²) < 4.78 is 10.8. The summed E-state index contributed by atoms with van der Waals surface area (Å²) >= 11 is 0. The number of hydrogen-bond acceptors (Lipinski definition) is 4. The van der Waals surface area contributed by atoms with Gasteiger partial charge < -0.3 is 19.6 Å². The van der Waals surface area contributed by atoms with Crippen LogP contribution in [-0.4, -0.2) is 24.9 Å². The molecule has 4 heteroatoms. The summed E-state index contributed by atoms with van der Waals surface area (Å²) in [5.74, 6) is 2.03. The van der Waals surface area contributed by atoms with E-state index in [-0.39, 0.29) is 6.61 Å². The molecule has 2 N–H and O–H groups in total. The lowest BCUT2D eigenvalue weighted by molar-refractivity contribution is 0.111. The van der Waals surface area contributed by atoms with Crippen molar-refractivity contribution in [3.8, 4) is 0 Å². The highest BCUT2D eigenvalue weighted by Gasteiger charge is 2.00. The number of aliphatic hydroxyl groups is 1. The molecule has 0 saturated carbocycles. The van der Waals surface area contributed by atoms with Gasteiger partial charge >= 0.3 is 0 Å². The largest absolute Gasteiger partial charge is 0.462 e. The van der Waals surface area contributed by atoms with Crippen molar-refractivity contribution in [2.45, 2.75) is 27.0 Å². The van der Waals surface area contributed by atoms with E-state index < -0.39 is 0 Å². The molecule has 0 aliphatic carbocycles. The van der Waals surface area contributed by atoms with Crippen LogP contribution in [0.5, 0.6) is 0 Å². The Hall–Kier alpha value is -0.840. The number of aliphatic hydroxyl groups excluding tert-OH is 1. The minimum atomic E-state index is -0.0441. The molecular formula is C12H21NO3. The van der Waals surface area contributed by atoms with E-state index in [1.54, 1.807) is 6.07 Å². The highest BCUT2D eigenvalue weighted by atomic mass is 16.5. The first-order chi connectivity index (χ1) is 7.72. The van der Waals surface area contributed by atoms with E-state index in [0.29, 0.717) is 24.8 Å². The van der Waals surface area contributed by atoms with Crippen molar-refractivity contribution in [2.24, 2.45) is 5.92 Å². The third-order valence-electron chi connectivity index (χ3n) is 2.05. The number of nitrogens with one attached hydrogen (secondary N) is 1. The minimum absolute atomic E-state index is 0.0441. The molecule has 0 aromatic carbocycles. The Morgan fingerprint density at radius 3 is 2.75 bits per heavy atom. The summed E-state index contributed by atoms with van der Waals surface area (Å²) in [7, 11) is 0. The van der Waals surface area contributed by atoms with E-state index in [1.807, 2.05) is 6.07 Å². The average Bonchev–Trinajstić information content (AvgIpc) is 2.70. The first-order valence-corrected chi connectivity index (χ1v) is 5.69. The molecule has 1 rings (SSSR count). The van der Waals surface area contributed by atoms with E-state index >= 15 is 0 Å². The van der Waals surface area contributed by atoms with Gasteiger partial charge in [-0.15, -0.1) is 0 Å². The molecule has 0 radical (unpaired) electrons. The average molecular weight is 227 g/mol. The Morgan fingerprint density at radius 2 is 2.12 bits per heavy atom. The van der Waals surface area contributed by atoms with Crippen LogP contribution in [0.2, 0.25) is 0 Å². The Kier molecular flexibility index (Phi) is 6.15. The van der Waals surface area contributed by atoms with Gasteiger partial charge in [-0.2, -0.15) is 0 Å². The van der Waals surface area contributed by atoms with E-state index in [4.69, 9.17) is 14.3 Å². The van der Waals surface area contributed by atoms with Crippen molar-refractivity contribution in [3.05, 3.63) is 23.7 Å². The summed E-state index contributed by atoms with van der Waals surface area (Å²) in [6.07, 6.45) is 0. The van der Waals surface area contributed by atoms with Crippen molar-refractivity contribution in [1.82, 2.24) is 5.32 Å². The van der Waals surface area contributed by atoms with E-state index in [0.717, 1.165) is 18.9 Å². The Labute approximate surface area is 96.6 Å². The molecule has 0 fully saturated rings. The maximum atomic E-state index is 8.81. The molecule has 0 atom stereocenters. The van der Waals surface area contributed by atoms with Gasteiger partial charge in [0, 0.05) is 13.2 Å². The minimum Gasteiger partial charge on any atom is -0.462 e. The highest BCUT2D eigenvalue weighted by molar-refractivity contribution is 5.05. The lowest BCUT2D eigenvalue weighted by Crippen LogP contribution is -2.20. The molecule has 16 heavy (non-hydrogen) atoms. The van der Waals surface area contributed by atoms with Crippen LogP contribution in [0.25, 0.3) is 0 Å². The van der Waals surface area contributed by atoms with Crippen LogP contribution in [-0.2, 0) is 17.9 Å². The Balaban J connectivity index is 2.02. The van der Waals surface area contributed by atoms with E-state index in [1.165, 1.54) is 0 Å². The van der Waals surface area contributed by atoms with Crippen LogP contribution < -0.4 is 5.32 Å². The SMILES string of the molecule is CC(C)COCCNCc1ccc(CO)o1. The number of ether oxygens (including phenoxy) is 1. The summed E-state index contributed by atoms with van der Waals surface area (Å²) in [4.78, 5) is 0. The molecule has 0 unspecified atom stereocenters. The molecule has 1 heterocycles. The number of hydrogen-bond donors (Lipinski definition) is 2. The summed E-state index contributed by atoms with van der Waals surface area (Å²) in [5.41, 5.74) is 0. The van der Waals surface area contributed by atoms with Crippen LogP contribution in [0.4, 0.5) is 0 Å².